The number of sulfone groups is 1. The fraction of sp³-hybridized carbons (Fsp3) is 0.545. The van der Waals surface area contributed by atoms with E-state index in [1.165, 1.54) is 6.07 Å². The molecule has 2 heterocycles. The molecule has 1 unspecified atom stereocenters. The summed E-state index contributed by atoms with van der Waals surface area (Å²) in [6, 6.07) is 2.84. The van der Waals surface area contributed by atoms with Crippen LogP contribution in [0.15, 0.2) is 16.5 Å². The molecule has 3 N–H and O–H groups in total. The van der Waals surface area contributed by atoms with E-state index >= 15 is 0 Å². The summed E-state index contributed by atoms with van der Waals surface area (Å²) in [7, 11) is -3.02. The van der Waals surface area contributed by atoms with Gasteiger partial charge >= 0.3 is 0 Å². The lowest BCUT2D eigenvalue weighted by Gasteiger charge is -2.22. The van der Waals surface area contributed by atoms with Crippen molar-refractivity contribution >= 4 is 15.7 Å². The van der Waals surface area contributed by atoms with Crippen LogP contribution in [0.25, 0.3) is 0 Å². The molecule has 0 aliphatic carbocycles. The molecule has 0 spiro atoms. The van der Waals surface area contributed by atoms with Crippen LogP contribution in [-0.2, 0) is 16.4 Å². The van der Waals surface area contributed by atoms with Crippen molar-refractivity contribution in [2.75, 3.05) is 11.5 Å². The summed E-state index contributed by atoms with van der Waals surface area (Å²) in [5.74, 6) is 0.507. The van der Waals surface area contributed by atoms with Crippen LogP contribution in [0.2, 0.25) is 0 Å². The van der Waals surface area contributed by atoms with Crippen LogP contribution in [0.1, 0.15) is 29.2 Å². The Bertz CT molecular complexity index is 535. The van der Waals surface area contributed by atoms with Gasteiger partial charge in [-0.15, -0.1) is 0 Å². The van der Waals surface area contributed by atoms with Crippen LogP contribution in [0.5, 0.6) is 0 Å². The average molecular weight is 272 g/mol. The Morgan fingerprint density at radius 2 is 2.28 bits per heavy atom. The molecule has 2 rings (SSSR count). The first kappa shape index (κ1) is 13.1. The van der Waals surface area contributed by atoms with Gasteiger partial charge in [0.15, 0.2) is 15.6 Å². The van der Waals surface area contributed by atoms with Crippen molar-refractivity contribution in [1.29, 1.82) is 0 Å². The van der Waals surface area contributed by atoms with E-state index in [0.717, 1.165) is 0 Å². The van der Waals surface area contributed by atoms with Crippen molar-refractivity contribution in [1.82, 2.24) is 5.32 Å². The molecule has 1 saturated heterocycles. The monoisotopic (exact) mass is 272 g/mol. The van der Waals surface area contributed by atoms with Crippen LogP contribution in [0.4, 0.5) is 0 Å². The molecular formula is C11H16N2O4S. The molecule has 1 aromatic rings. The highest BCUT2D eigenvalue weighted by atomic mass is 32.2. The minimum absolute atomic E-state index is 0.00317. The Labute approximate surface area is 105 Å². The predicted molar refractivity (Wildman–Crippen MR) is 65.7 cm³/mol. The van der Waals surface area contributed by atoms with Crippen molar-refractivity contribution in [3.8, 4) is 0 Å². The maximum atomic E-state index is 11.8. The number of nitrogens with two attached hydrogens (primary N) is 1. The zero-order valence-corrected chi connectivity index (χ0v) is 10.7. The molecule has 1 aliphatic rings. The quantitative estimate of drug-likeness (QED) is 0.809. The Balaban J connectivity index is 1.99. The van der Waals surface area contributed by atoms with E-state index < -0.39 is 15.7 Å². The van der Waals surface area contributed by atoms with Gasteiger partial charge in [0.1, 0.15) is 5.76 Å². The minimum Gasteiger partial charge on any atom is -0.455 e. The molecule has 0 saturated carbocycles. The number of carbonyl (C=O) groups is 1. The van der Waals surface area contributed by atoms with Crippen molar-refractivity contribution in [2.45, 2.75) is 25.4 Å². The molecule has 0 aromatic carbocycles. The second-order valence-electron chi connectivity index (χ2n) is 4.40. The number of hydrogen-bond acceptors (Lipinski definition) is 5. The third kappa shape index (κ3) is 3.11. The summed E-state index contributed by atoms with van der Waals surface area (Å²) in [4.78, 5) is 11.8. The van der Waals surface area contributed by atoms with Crippen molar-refractivity contribution in [2.24, 2.45) is 5.73 Å². The minimum atomic E-state index is -3.02. The second kappa shape index (κ2) is 5.11. The molecule has 7 heteroatoms. The Morgan fingerprint density at radius 3 is 2.89 bits per heavy atom. The van der Waals surface area contributed by atoms with Crippen LogP contribution in [0.3, 0.4) is 0 Å². The van der Waals surface area contributed by atoms with Gasteiger partial charge in [0.2, 0.25) is 0 Å². The molecule has 0 bridgehead atoms. The van der Waals surface area contributed by atoms with Gasteiger partial charge in [-0.1, -0.05) is 0 Å². The highest BCUT2D eigenvalue weighted by molar-refractivity contribution is 7.91. The van der Waals surface area contributed by atoms with Crippen LogP contribution in [-0.4, -0.2) is 31.9 Å². The number of rotatable bonds is 3. The normalized spacial score (nSPS) is 22.6. The highest BCUT2D eigenvalue weighted by Crippen LogP contribution is 2.13. The zero-order chi connectivity index (χ0) is 13.2. The molecule has 0 radical (unpaired) electrons. The van der Waals surface area contributed by atoms with E-state index in [9.17, 15) is 13.2 Å². The van der Waals surface area contributed by atoms with Gasteiger partial charge < -0.3 is 15.5 Å². The summed E-state index contributed by atoms with van der Waals surface area (Å²) in [6.45, 7) is 0.227. The van der Waals surface area contributed by atoms with Crippen molar-refractivity contribution < 1.29 is 17.6 Å². The van der Waals surface area contributed by atoms with E-state index in [2.05, 4.69) is 5.32 Å². The van der Waals surface area contributed by atoms with Gasteiger partial charge in [-0.3, -0.25) is 4.79 Å². The van der Waals surface area contributed by atoms with Crippen molar-refractivity contribution in [3.05, 3.63) is 23.7 Å². The van der Waals surface area contributed by atoms with E-state index in [1.807, 2.05) is 0 Å². The van der Waals surface area contributed by atoms with Crippen LogP contribution >= 0.6 is 0 Å². The van der Waals surface area contributed by atoms with Gasteiger partial charge in [0, 0.05) is 6.04 Å². The lowest BCUT2D eigenvalue weighted by Crippen LogP contribution is -2.43. The first-order chi connectivity index (χ1) is 8.50. The summed E-state index contributed by atoms with van der Waals surface area (Å²) < 4.78 is 28.1. The van der Waals surface area contributed by atoms with Crippen LogP contribution in [0, 0.1) is 0 Å². The van der Waals surface area contributed by atoms with Gasteiger partial charge in [0.25, 0.3) is 5.91 Å². The Kier molecular flexibility index (Phi) is 3.72. The van der Waals surface area contributed by atoms with Gasteiger partial charge in [-0.05, 0) is 25.0 Å². The maximum Gasteiger partial charge on any atom is 0.287 e. The molecule has 1 aromatic heterocycles. The lowest BCUT2D eigenvalue weighted by atomic mass is 10.2. The van der Waals surface area contributed by atoms with Crippen LogP contribution < -0.4 is 11.1 Å². The SMILES string of the molecule is NCc1ccc(C(=O)NC2CCCS(=O)(=O)C2)o1. The largest absolute Gasteiger partial charge is 0.455 e. The first-order valence-electron chi connectivity index (χ1n) is 5.80. The Hall–Kier alpha value is -1.34. The number of furan rings is 1. The number of hydrogen-bond donors (Lipinski definition) is 2. The van der Waals surface area contributed by atoms with E-state index in [-0.39, 0.29) is 29.9 Å². The van der Waals surface area contributed by atoms with Gasteiger partial charge in [-0.2, -0.15) is 0 Å². The third-order valence-corrected chi connectivity index (χ3v) is 4.71. The molecule has 1 amide bonds. The fourth-order valence-electron chi connectivity index (χ4n) is 2.00. The molecule has 1 atom stereocenters. The second-order valence-corrected chi connectivity index (χ2v) is 6.63. The molecule has 100 valence electrons. The third-order valence-electron chi connectivity index (χ3n) is 2.88. The number of carbonyl (C=O) groups excluding carboxylic acids is 1. The van der Waals surface area contributed by atoms with Gasteiger partial charge in [-0.25, -0.2) is 8.42 Å². The number of amides is 1. The highest BCUT2D eigenvalue weighted by Gasteiger charge is 2.26. The molecular weight excluding hydrogens is 256 g/mol. The summed E-state index contributed by atoms with van der Waals surface area (Å²) >= 11 is 0. The predicted octanol–water partition coefficient (Wildman–Crippen LogP) is 0.0453. The molecule has 1 aliphatic heterocycles. The topological polar surface area (TPSA) is 102 Å². The summed E-state index contributed by atoms with van der Waals surface area (Å²) in [6.07, 6.45) is 1.26. The summed E-state index contributed by atoms with van der Waals surface area (Å²) in [5, 5.41) is 2.68. The Morgan fingerprint density at radius 1 is 1.50 bits per heavy atom. The fourth-order valence-corrected chi connectivity index (χ4v) is 3.64. The molecule has 1 fully saturated rings. The molecule has 18 heavy (non-hydrogen) atoms. The maximum absolute atomic E-state index is 11.8. The van der Waals surface area contributed by atoms with Gasteiger partial charge in [0.05, 0.1) is 18.1 Å². The standard InChI is InChI=1S/C11H16N2O4S/c12-6-9-3-4-10(17-9)11(14)13-8-2-1-5-18(15,16)7-8/h3-4,8H,1-2,5-7,12H2,(H,13,14). The lowest BCUT2D eigenvalue weighted by molar-refractivity contribution is 0.0908. The number of nitrogens with one attached hydrogen (secondary N) is 1. The smallest absolute Gasteiger partial charge is 0.287 e. The van der Waals surface area contributed by atoms with E-state index in [1.54, 1.807) is 6.07 Å². The summed E-state index contributed by atoms with van der Waals surface area (Å²) in [5.41, 5.74) is 5.38. The zero-order valence-electron chi connectivity index (χ0n) is 9.89. The van der Waals surface area contributed by atoms with E-state index in [0.29, 0.717) is 18.6 Å². The van der Waals surface area contributed by atoms with Crippen molar-refractivity contribution in [3.63, 3.8) is 0 Å². The first-order valence-corrected chi connectivity index (χ1v) is 7.62. The van der Waals surface area contributed by atoms with E-state index in [4.69, 9.17) is 10.2 Å². The average Bonchev–Trinajstić information content (AvgIpc) is 2.76. The molecule has 6 nitrogen and oxygen atoms in total.